The highest BCUT2D eigenvalue weighted by atomic mass is 16.5. The van der Waals surface area contributed by atoms with Crippen LogP contribution in [0.2, 0.25) is 0 Å². The Morgan fingerprint density at radius 2 is 2.31 bits per heavy atom. The monoisotopic (exact) mass is 184 g/mol. The van der Waals surface area contributed by atoms with E-state index in [1.807, 2.05) is 0 Å². The summed E-state index contributed by atoms with van der Waals surface area (Å²) >= 11 is 0. The maximum Gasteiger partial charge on any atom is 0.324 e. The number of furan rings is 1. The Labute approximate surface area is 75.6 Å². The second-order valence-corrected chi connectivity index (χ2v) is 2.59. The Hall–Kier alpha value is -1.33. The molecule has 0 spiro atoms. The topological polar surface area (TPSA) is 91.5 Å². The molecule has 13 heavy (non-hydrogen) atoms. The Kier molecular flexibility index (Phi) is 3.05. The minimum Gasteiger partial charge on any atom is -0.468 e. The maximum absolute atomic E-state index is 11.0. The minimum absolute atomic E-state index is 0.470. The summed E-state index contributed by atoms with van der Waals surface area (Å²) in [6, 6.07) is 1.78. The van der Waals surface area contributed by atoms with E-state index in [1.165, 1.54) is 13.4 Å². The van der Waals surface area contributed by atoms with Crippen molar-refractivity contribution in [3.63, 3.8) is 0 Å². The SMILES string of the molecule is COC(=O)[C@H](N)[C@@H](N)c1ccco1. The summed E-state index contributed by atoms with van der Waals surface area (Å²) in [7, 11) is 1.26. The number of carbonyl (C=O) groups excluding carboxylic acids is 1. The van der Waals surface area contributed by atoms with Gasteiger partial charge >= 0.3 is 5.97 Å². The summed E-state index contributed by atoms with van der Waals surface area (Å²) in [5, 5.41) is 0. The molecule has 0 bridgehead atoms. The highest BCUT2D eigenvalue weighted by Crippen LogP contribution is 2.13. The zero-order valence-corrected chi connectivity index (χ0v) is 7.27. The van der Waals surface area contributed by atoms with E-state index in [0.29, 0.717) is 5.76 Å². The van der Waals surface area contributed by atoms with E-state index in [9.17, 15) is 4.79 Å². The third-order valence-electron chi connectivity index (χ3n) is 1.73. The number of methoxy groups -OCH3 is 1. The number of carbonyl (C=O) groups is 1. The van der Waals surface area contributed by atoms with Gasteiger partial charge in [0.2, 0.25) is 0 Å². The third kappa shape index (κ3) is 2.07. The quantitative estimate of drug-likeness (QED) is 0.633. The molecule has 0 aliphatic heterocycles. The van der Waals surface area contributed by atoms with Gasteiger partial charge in [0.15, 0.2) is 0 Å². The minimum atomic E-state index is -0.892. The fraction of sp³-hybridized carbons (Fsp3) is 0.375. The summed E-state index contributed by atoms with van der Waals surface area (Å²) in [5.74, 6) is -0.0817. The molecule has 1 heterocycles. The first-order valence-corrected chi connectivity index (χ1v) is 3.79. The molecule has 1 aromatic rings. The van der Waals surface area contributed by atoms with Gasteiger partial charge in [0.25, 0.3) is 0 Å². The van der Waals surface area contributed by atoms with Crippen molar-refractivity contribution in [3.8, 4) is 0 Å². The van der Waals surface area contributed by atoms with Crippen LogP contribution in [0.5, 0.6) is 0 Å². The molecular weight excluding hydrogens is 172 g/mol. The van der Waals surface area contributed by atoms with Crippen LogP contribution in [0, 0.1) is 0 Å². The largest absolute Gasteiger partial charge is 0.468 e. The standard InChI is InChI=1S/C8H12N2O3/c1-12-8(11)7(10)6(9)5-3-2-4-13-5/h2-4,6-7H,9-10H2,1H3/t6-,7+/m0/s1. The van der Waals surface area contributed by atoms with Crippen molar-refractivity contribution in [2.75, 3.05) is 7.11 Å². The molecule has 0 aromatic carbocycles. The van der Waals surface area contributed by atoms with Crippen molar-refractivity contribution < 1.29 is 13.9 Å². The fourth-order valence-electron chi connectivity index (χ4n) is 0.941. The van der Waals surface area contributed by atoms with Gasteiger partial charge < -0.3 is 20.6 Å². The molecule has 5 heteroatoms. The van der Waals surface area contributed by atoms with Gasteiger partial charge in [-0.05, 0) is 12.1 Å². The molecule has 0 amide bonds. The van der Waals surface area contributed by atoms with Crippen LogP contribution in [0.4, 0.5) is 0 Å². The van der Waals surface area contributed by atoms with E-state index in [0.717, 1.165) is 0 Å². The highest BCUT2D eigenvalue weighted by molar-refractivity contribution is 5.76. The molecule has 0 radical (unpaired) electrons. The van der Waals surface area contributed by atoms with Crippen molar-refractivity contribution in [1.82, 2.24) is 0 Å². The zero-order valence-electron chi connectivity index (χ0n) is 7.27. The summed E-state index contributed by atoms with van der Waals surface area (Å²) in [4.78, 5) is 11.0. The summed E-state index contributed by atoms with van der Waals surface area (Å²) in [6.45, 7) is 0. The Bertz CT molecular complexity index is 271. The average molecular weight is 184 g/mol. The first kappa shape index (κ1) is 9.76. The molecule has 0 saturated carbocycles. The predicted molar refractivity (Wildman–Crippen MR) is 45.6 cm³/mol. The number of hydrogen-bond acceptors (Lipinski definition) is 5. The van der Waals surface area contributed by atoms with Gasteiger partial charge in [-0.1, -0.05) is 0 Å². The van der Waals surface area contributed by atoms with E-state index in [4.69, 9.17) is 15.9 Å². The molecule has 0 aliphatic rings. The van der Waals surface area contributed by atoms with Gasteiger partial charge in [-0.3, -0.25) is 4.79 Å². The molecule has 0 aliphatic carbocycles. The molecular formula is C8H12N2O3. The predicted octanol–water partition coefficient (Wildman–Crippen LogP) is -0.220. The van der Waals surface area contributed by atoms with Crippen molar-refractivity contribution >= 4 is 5.97 Å². The molecule has 0 saturated heterocycles. The lowest BCUT2D eigenvalue weighted by molar-refractivity contribution is -0.142. The number of nitrogens with two attached hydrogens (primary N) is 2. The van der Waals surface area contributed by atoms with Gasteiger partial charge in [-0.25, -0.2) is 0 Å². The molecule has 5 nitrogen and oxygen atoms in total. The van der Waals surface area contributed by atoms with Crippen molar-refractivity contribution in [1.29, 1.82) is 0 Å². The molecule has 2 atom stereocenters. The average Bonchev–Trinajstić information content (AvgIpc) is 2.67. The number of ether oxygens (including phenoxy) is 1. The molecule has 1 rings (SSSR count). The normalized spacial score (nSPS) is 15.0. The van der Waals surface area contributed by atoms with E-state index in [1.54, 1.807) is 12.1 Å². The zero-order chi connectivity index (χ0) is 9.84. The van der Waals surface area contributed by atoms with Crippen LogP contribution >= 0.6 is 0 Å². The Morgan fingerprint density at radius 3 is 2.77 bits per heavy atom. The smallest absolute Gasteiger partial charge is 0.324 e. The fourth-order valence-corrected chi connectivity index (χ4v) is 0.941. The van der Waals surface area contributed by atoms with Crippen LogP contribution in [0.25, 0.3) is 0 Å². The molecule has 0 unspecified atom stereocenters. The lowest BCUT2D eigenvalue weighted by Gasteiger charge is -2.14. The number of rotatable bonds is 3. The van der Waals surface area contributed by atoms with Crippen LogP contribution < -0.4 is 11.5 Å². The summed E-state index contributed by atoms with van der Waals surface area (Å²) < 4.78 is 9.44. The maximum atomic E-state index is 11.0. The Morgan fingerprint density at radius 1 is 1.62 bits per heavy atom. The molecule has 72 valence electrons. The van der Waals surface area contributed by atoms with Gasteiger partial charge in [0, 0.05) is 0 Å². The van der Waals surface area contributed by atoms with Gasteiger partial charge in [-0.15, -0.1) is 0 Å². The first-order chi connectivity index (χ1) is 6.16. The van der Waals surface area contributed by atoms with E-state index in [-0.39, 0.29) is 0 Å². The number of esters is 1. The summed E-state index contributed by atoms with van der Waals surface area (Å²) in [6.07, 6.45) is 1.47. The van der Waals surface area contributed by atoms with Crippen molar-refractivity contribution in [3.05, 3.63) is 24.2 Å². The molecule has 0 fully saturated rings. The molecule has 1 aromatic heterocycles. The van der Waals surface area contributed by atoms with E-state index >= 15 is 0 Å². The lowest BCUT2D eigenvalue weighted by atomic mass is 10.1. The van der Waals surface area contributed by atoms with Gasteiger partial charge in [0.05, 0.1) is 19.4 Å². The van der Waals surface area contributed by atoms with Crippen LogP contribution in [-0.2, 0) is 9.53 Å². The van der Waals surface area contributed by atoms with Crippen molar-refractivity contribution in [2.24, 2.45) is 11.5 Å². The van der Waals surface area contributed by atoms with Crippen molar-refractivity contribution in [2.45, 2.75) is 12.1 Å². The van der Waals surface area contributed by atoms with Crippen LogP contribution in [0.15, 0.2) is 22.8 Å². The summed E-state index contributed by atoms with van der Waals surface area (Å²) in [5.41, 5.74) is 11.1. The molecule has 4 N–H and O–H groups in total. The van der Waals surface area contributed by atoms with E-state index < -0.39 is 18.1 Å². The van der Waals surface area contributed by atoms with Crippen LogP contribution in [0.1, 0.15) is 11.8 Å². The second-order valence-electron chi connectivity index (χ2n) is 2.59. The first-order valence-electron chi connectivity index (χ1n) is 3.79. The van der Waals surface area contributed by atoms with Crippen LogP contribution in [-0.4, -0.2) is 19.1 Å². The highest BCUT2D eigenvalue weighted by Gasteiger charge is 2.25. The lowest BCUT2D eigenvalue weighted by Crippen LogP contribution is -2.41. The van der Waals surface area contributed by atoms with Gasteiger partial charge in [0.1, 0.15) is 11.8 Å². The number of hydrogen-bond donors (Lipinski definition) is 2. The second kappa shape index (κ2) is 4.06. The third-order valence-corrected chi connectivity index (χ3v) is 1.73. The van der Waals surface area contributed by atoms with Crippen LogP contribution in [0.3, 0.4) is 0 Å². The van der Waals surface area contributed by atoms with E-state index in [2.05, 4.69) is 4.74 Å². The Balaban J connectivity index is 2.68. The van der Waals surface area contributed by atoms with Gasteiger partial charge in [-0.2, -0.15) is 0 Å².